The highest BCUT2D eigenvalue weighted by molar-refractivity contribution is 5.75. The van der Waals surface area contributed by atoms with Gasteiger partial charge < -0.3 is 10.1 Å². The molecule has 0 radical (unpaired) electrons. The van der Waals surface area contributed by atoms with E-state index >= 15 is 0 Å². The number of para-hydroxylation sites is 1. The summed E-state index contributed by atoms with van der Waals surface area (Å²) in [4.78, 5) is 11.1. The zero-order chi connectivity index (χ0) is 13.6. The lowest BCUT2D eigenvalue weighted by molar-refractivity contribution is -0.120. The van der Waals surface area contributed by atoms with Gasteiger partial charge in [-0.25, -0.2) is 0 Å². The summed E-state index contributed by atoms with van der Waals surface area (Å²) in [6.07, 6.45) is 1.24. The van der Waals surface area contributed by atoms with E-state index in [1.54, 1.807) is 7.05 Å². The van der Waals surface area contributed by atoms with E-state index in [0.717, 1.165) is 12.2 Å². The van der Waals surface area contributed by atoms with Crippen LogP contribution in [-0.4, -0.2) is 19.6 Å². The molecule has 0 saturated heterocycles. The van der Waals surface area contributed by atoms with Crippen LogP contribution in [0.3, 0.4) is 0 Å². The predicted octanol–water partition coefficient (Wildman–Crippen LogP) is 2.89. The van der Waals surface area contributed by atoms with E-state index in [1.165, 1.54) is 5.56 Å². The van der Waals surface area contributed by atoms with Crippen LogP contribution < -0.4 is 10.1 Å². The van der Waals surface area contributed by atoms with Crippen LogP contribution in [0.5, 0.6) is 5.75 Å². The molecular weight excluding hydrogens is 226 g/mol. The smallest absolute Gasteiger partial charge is 0.219 e. The van der Waals surface area contributed by atoms with Crippen LogP contribution in [0.2, 0.25) is 0 Å². The minimum absolute atomic E-state index is 0.0581. The second-order valence-corrected chi connectivity index (χ2v) is 5.37. The first-order chi connectivity index (χ1) is 8.45. The summed E-state index contributed by atoms with van der Waals surface area (Å²) in [6.45, 7) is 7.07. The van der Waals surface area contributed by atoms with Gasteiger partial charge in [0.2, 0.25) is 5.91 Å². The number of carbonyl (C=O) groups is 1. The Morgan fingerprint density at radius 3 is 2.56 bits per heavy atom. The minimum atomic E-state index is 0.0581. The third-order valence-corrected chi connectivity index (χ3v) is 2.78. The Balaban J connectivity index is 2.55. The molecule has 0 heterocycles. The van der Waals surface area contributed by atoms with Gasteiger partial charge in [0.1, 0.15) is 5.75 Å². The molecule has 0 aromatic heterocycles. The fourth-order valence-electron chi connectivity index (χ4n) is 1.75. The van der Waals surface area contributed by atoms with E-state index in [0.29, 0.717) is 13.0 Å². The lowest BCUT2D eigenvalue weighted by Gasteiger charge is -2.22. The maximum absolute atomic E-state index is 11.1. The predicted molar refractivity (Wildman–Crippen MR) is 73.9 cm³/mol. The summed E-state index contributed by atoms with van der Waals surface area (Å²) in [5, 5.41) is 2.60. The first kappa shape index (κ1) is 14.6. The lowest BCUT2D eigenvalue weighted by atomic mass is 9.86. The second kappa shape index (κ2) is 6.43. The number of nitrogens with one attached hydrogen (secondary N) is 1. The van der Waals surface area contributed by atoms with Gasteiger partial charge in [0, 0.05) is 13.5 Å². The molecule has 0 saturated carbocycles. The number of ether oxygens (including phenoxy) is 1. The molecule has 0 spiro atoms. The maximum Gasteiger partial charge on any atom is 0.219 e. The van der Waals surface area contributed by atoms with Crippen LogP contribution in [-0.2, 0) is 10.2 Å². The van der Waals surface area contributed by atoms with Crippen molar-refractivity contribution in [3.05, 3.63) is 29.8 Å². The summed E-state index contributed by atoms with van der Waals surface area (Å²) >= 11 is 0. The van der Waals surface area contributed by atoms with E-state index in [9.17, 15) is 4.79 Å². The topological polar surface area (TPSA) is 38.3 Å². The molecule has 0 aliphatic heterocycles. The Labute approximate surface area is 110 Å². The van der Waals surface area contributed by atoms with Crippen molar-refractivity contribution < 1.29 is 9.53 Å². The normalized spacial score (nSPS) is 11.1. The average molecular weight is 249 g/mol. The molecule has 0 bridgehead atoms. The maximum atomic E-state index is 11.1. The van der Waals surface area contributed by atoms with Gasteiger partial charge in [-0.1, -0.05) is 39.0 Å². The van der Waals surface area contributed by atoms with Crippen molar-refractivity contribution in [3.8, 4) is 5.75 Å². The van der Waals surface area contributed by atoms with Crippen LogP contribution in [0.15, 0.2) is 24.3 Å². The Morgan fingerprint density at radius 2 is 1.94 bits per heavy atom. The number of carbonyl (C=O) groups excluding carboxylic acids is 1. The fourth-order valence-corrected chi connectivity index (χ4v) is 1.75. The molecule has 3 heteroatoms. The molecule has 1 N–H and O–H groups in total. The fraction of sp³-hybridized carbons (Fsp3) is 0.533. The van der Waals surface area contributed by atoms with Gasteiger partial charge in [0.05, 0.1) is 6.61 Å². The third-order valence-electron chi connectivity index (χ3n) is 2.78. The Hall–Kier alpha value is -1.51. The summed E-state index contributed by atoms with van der Waals surface area (Å²) < 4.78 is 5.78. The zero-order valence-electron chi connectivity index (χ0n) is 11.7. The summed E-state index contributed by atoms with van der Waals surface area (Å²) in [5.74, 6) is 0.976. The summed E-state index contributed by atoms with van der Waals surface area (Å²) in [5.41, 5.74) is 1.27. The molecule has 1 aromatic carbocycles. The molecule has 1 rings (SSSR count). The van der Waals surface area contributed by atoms with Crippen LogP contribution in [0.25, 0.3) is 0 Å². The van der Waals surface area contributed by atoms with Crippen molar-refractivity contribution in [3.63, 3.8) is 0 Å². The molecule has 0 aliphatic carbocycles. The number of hydrogen-bond donors (Lipinski definition) is 1. The Bertz CT molecular complexity index is 394. The van der Waals surface area contributed by atoms with Gasteiger partial charge in [-0.15, -0.1) is 0 Å². The second-order valence-electron chi connectivity index (χ2n) is 5.37. The van der Waals surface area contributed by atoms with Gasteiger partial charge >= 0.3 is 0 Å². The van der Waals surface area contributed by atoms with Crippen molar-refractivity contribution in [2.75, 3.05) is 13.7 Å². The third kappa shape index (κ3) is 4.40. The molecule has 18 heavy (non-hydrogen) atoms. The Morgan fingerprint density at radius 1 is 1.28 bits per heavy atom. The van der Waals surface area contributed by atoms with Gasteiger partial charge in [-0.05, 0) is 23.5 Å². The van der Waals surface area contributed by atoms with Crippen LogP contribution in [0, 0.1) is 0 Å². The van der Waals surface area contributed by atoms with Crippen molar-refractivity contribution in [2.24, 2.45) is 0 Å². The summed E-state index contributed by atoms with van der Waals surface area (Å²) in [6, 6.07) is 8.08. The van der Waals surface area contributed by atoms with Crippen LogP contribution in [0.4, 0.5) is 0 Å². The molecule has 0 atom stereocenters. The highest BCUT2D eigenvalue weighted by Crippen LogP contribution is 2.30. The van der Waals surface area contributed by atoms with E-state index in [-0.39, 0.29) is 11.3 Å². The minimum Gasteiger partial charge on any atom is -0.493 e. The first-order valence-electron chi connectivity index (χ1n) is 6.38. The quantitative estimate of drug-likeness (QED) is 0.815. The molecule has 1 amide bonds. The monoisotopic (exact) mass is 249 g/mol. The van der Waals surface area contributed by atoms with E-state index in [4.69, 9.17) is 4.74 Å². The van der Waals surface area contributed by atoms with Gasteiger partial charge in [-0.3, -0.25) is 4.79 Å². The molecular formula is C15H23NO2. The molecule has 0 aliphatic rings. The average Bonchev–Trinajstić information content (AvgIpc) is 2.33. The first-order valence-corrected chi connectivity index (χ1v) is 6.38. The highest BCUT2D eigenvalue weighted by Gasteiger charge is 2.18. The number of benzene rings is 1. The van der Waals surface area contributed by atoms with Gasteiger partial charge in [0.15, 0.2) is 0 Å². The Kier molecular flexibility index (Phi) is 5.20. The van der Waals surface area contributed by atoms with Crippen LogP contribution in [0.1, 0.15) is 39.2 Å². The van der Waals surface area contributed by atoms with E-state index in [2.05, 4.69) is 32.2 Å². The number of amides is 1. The molecule has 1 aromatic rings. The van der Waals surface area contributed by atoms with E-state index < -0.39 is 0 Å². The van der Waals surface area contributed by atoms with Crippen molar-refractivity contribution in [1.82, 2.24) is 5.32 Å². The number of hydrogen-bond acceptors (Lipinski definition) is 2. The van der Waals surface area contributed by atoms with Crippen molar-refractivity contribution >= 4 is 5.91 Å². The molecule has 0 fully saturated rings. The largest absolute Gasteiger partial charge is 0.493 e. The lowest BCUT2D eigenvalue weighted by Crippen LogP contribution is -2.18. The summed E-state index contributed by atoms with van der Waals surface area (Å²) in [7, 11) is 1.65. The highest BCUT2D eigenvalue weighted by atomic mass is 16.5. The molecule has 3 nitrogen and oxygen atoms in total. The molecule has 100 valence electrons. The van der Waals surface area contributed by atoms with E-state index in [1.807, 2.05) is 18.2 Å². The standard InChI is InChI=1S/C15H23NO2/c1-15(2,3)12-8-5-6-9-13(12)18-11-7-10-14(17)16-4/h5-6,8-9H,7,10-11H2,1-4H3,(H,16,17). The van der Waals surface area contributed by atoms with Gasteiger partial charge in [-0.2, -0.15) is 0 Å². The van der Waals surface area contributed by atoms with Crippen LogP contribution >= 0.6 is 0 Å². The zero-order valence-corrected chi connectivity index (χ0v) is 11.7. The number of rotatable bonds is 5. The SMILES string of the molecule is CNC(=O)CCCOc1ccccc1C(C)(C)C. The molecule has 0 unspecified atom stereocenters. The van der Waals surface area contributed by atoms with Gasteiger partial charge in [0.25, 0.3) is 0 Å². The van der Waals surface area contributed by atoms with Crippen molar-refractivity contribution in [1.29, 1.82) is 0 Å². The van der Waals surface area contributed by atoms with Crippen molar-refractivity contribution in [2.45, 2.75) is 39.0 Å².